The summed E-state index contributed by atoms with van der Waals surface area (Å²) < 4.78 is 1.83. The highest BCUT2D eigenvalue weighted by Gasteiger charge is 1.94. The predicted molar refractivity (Wildman–Crippen MR) is 67.5 cm³/mol. The first-order valence-corrected chi connectivity index (χ1v) is 6.01. The lowest BCUT2D eigenvalue weighted by Gasteiger charge is -2.05. The summed E-state index contributed by atoms with van der Waals surface area (Å²) in [7, 11) is 0. The molecule has 2 aromatic rings. The zero-order valence-electron chi connectivity index (χ0n) is 10.1. The molecular formula is C13H18N4. The van der Waals surface area contributed by atoms with Gasteiger partial charge >= 0.3 is 0 Å². The monoisotopic (exact) mass is 230 g/mol. The van der Waals surface area contributed by atoms with Gasteiger partial charge in [0.1, 0.15) is 0 Å². The Labute approximate surface area is 102 Å². The topological polar surface area (TPSA) is 42.7 Å². The lowest BCUT2D eigenvalue weighted by molar-refractivity contribution is 0.540. The molecule has 0 aliphatic heterocycles. The van der Waals surface area contributed by atoms with Crippen molar-refractivity contribution in [3.63, 3.8) is 0 Å². The molecule has 0 aliphatic carbocycles. The Morgan fingerprint density at radius 2 is 1.94 bits per heavy atom. The molecule has 0 saturated heterocycles. The van der Waals surface area contributed by atoms with Crippen LogP contribution in [0.2, 0.25) is 0 Å². The van der Waals surface area contributed by atoms with E-state index in [-0.39, 0.29) is 0 Å². The fourth-order valence-electron chi connectivity index (χ4n) is 1.67. The summed E-state index contributed by atoms with van der Waals surface area (Å²) >= 11 is 0. The molecule has 0 unspecified atom stereocenters. The summed E-state index contributed by atoms with van der Waals surface area (Å²) in [6.45, 7) is 4.83. The molecule has 0 saturated carbocycles. The van der Waals surface area contributed by atoms with Gasteiger partial charge in [0, 0.05) is 19.3 Å². The fraction of sp³-hybridized carbons (Fsp3) is 0.385. The van der Waals surface area contributed by atoms with Crippen LogP contribution in [0.25, 0.3) is 0 Å². The molecule has 0 fully saturated rings. The maximum Gasteiger partial charge on any atom is 0.0692 e. The third kappa shape index (κ3) is 3.67. The smallest absolute Gasteiger partial charge is 0.0692 e. The van der Waals surface area contributed by atoms with Crippen LogP contribution < -0.4 is 5.32 Å². The van der Waals surface area contributed by atoms with Crippen molar-refractivity contribution < 1.29 is 0 Å². The lowest BCUT2D eigenvalue weighted by Crippen LogP contribution is -2.19. The van der Waals surface area contributed by atoms with Gasteiger partial charge in [-0.2, -0.15) is 0 Å². The van der Waals surface area contributed by atoms with E-state index in [1.54, 1.807) is 6.20 Å². The van der Waals surface area contributed by atoms with Crippen molar-refractivity contribution in [2.45, 2.75) is 26.4 Å². The fourth-order valence-corrected chi connectivity index (χ4v) is 1.67. The Morgan fingerprint density at radius 1 is 1.18 bits per heavy atom. The minimum absolute atomic E-state index is 0.854. The molecule has 4 heteroatoms. The van der Waals surface area contributed by atoms with Crippen molar-refractivity contribution in [3.05, 3.63) is 47.8 Å². The van der Waals surface area contributed by atoms with Gasteiger partial charge in [-0.25, -0.2) is 0 Å². The molecule has 17 heavy (non-hydrogen) atoms. The van der Waals surface area contributed by atoms with Gasteiger partial charge in [-0.3, -0.25) is 4.68 Å². The van der Waals surface area contributed by atoms with Gasteiger partial charge in [-0.15, -0.1) is 5.10 Å². The molecule has 0 amide bonds. The predicted octanol–water partition coefficient (Wildman–Crippen LogP) is 1.63. The number of benzene rings is 1. The van der Waals surface area contributed by atoms with Gasteiger partial charge in [-0.1, -0.05) is 36.4 Å². The summed E-state index contributed by atoms with van der Waals surface area (Å²) in [5.74, 6) is 0. The SMILES string of the molecule is CCc1ccc(CNCCn2ccnn2)cc1. The largest absolute Gasteiger partial charge is 0.311 e. The van der Waals surface area contributed by atoms with E-state index in [1.807, 2.05) is 10.9 Å². The highest BCUT2D eigenvalue weighted by molar-refractivity contribution is 5.22. The first-order valence-electron chi connectivity index (χ1n) is 6.01. The van der Waals surface area contributed by atoms with E-state index in [0.717, 1.165) is 26.1 Å². The summed E-state index contributed by atoms with van der Waals surface area (Å²) in [4.78, 5) is 0. The Morgan fingerprint density at radius 3 is 2.59 bits per heavy atom. The first-order chi connectivity index (χ1) is 8.38. The van der Waals surface area contributed by atoms with Crippen LogP contribution in [-0.4, -0.2) is 21.5 Å². The highest BCUT2D eigenvalue weighted by Crippen LogP contribution is 2.04. The van der Waals surface area contributed by atoms with E-state index >= 15 is 0 Å². The van der Waals surface area contributed by atoms with Crippen LogP contribution in [0.15, 0.2) is 36.7 Å². The van der Waals surface area contributed by atoms with Crippen molar-refractivity contribution in [1.82, 2.24) is 20.3 Å². The van der Waals surface area contributed by atoms with Crippen LogP contribution in [0.5, 0.6) is 0 Å². The van der Waals surface area contributed by atoms with Crippen LogP contribution in [-0.2, 0) is 19.5 Å². The number of nitrogens with zero attached hydrogens (tertiary/aromatic N) is 3. The average molecular weight is 230 g/mol. The maximum atomic E-state index is 3.91. The molecule has 1 N–H and O–H groups in total. The van der Waals surface area contributed by atoms with Gasteiger partial charge < -0.3 is 5.32 Å². The molecule has 0 radical (unpaired) electrons. The minimum atomic E-state index is 0.854. The van der Waals surface area contributed by atoms with E-state index in [0.29, 0.717) is 0 Å². The summed E-state index contributed by atoms with van der Waals surface area (Å²) in [5.41, 5.74) is 2.71. The molecule has 2 rings (SSSR count). The van der Waals surface area contributed by atoms with Gasteiger partial charge in [-0.05, 0) is 17.5 Å². The van der Waals surface area contributed by atoms with Crippen molar-refractivity contribution >= 4 is 0 Å². The van der Waals surface area contributed by atoms with E-state index in [4.69, 9.17) is 0 Å². The number of aromatic nitrogens is 3. The van der Waals surface area contributed by atoms with Crippen molar-refractivity contribution in [2.75, 3.05) is 6.54 Å². The summed E-state index contributed by atoms with van der Waals surface area (Å²) in [6, 6.07) is 8.74. The molecule has 0 atom stereocenters. The van der Waals surface area contributed by atoms with Crippen LogP contribution in [0.4, 0.5) is 0 Å². The van der Waals surface area contributed by atoms with E-state index in [2.05, 4.69) is 46.8 Å². The zero-order valence-corrected chi connectivity index (χ0v) is 10.1. The summed E-state index contributed by atoms with van der Waals surface area (Å²) in [6.07, 6.45) is 4.67. The summed E-state index contributed by atoms with van der Waals surface area (Å²) in [5, 5.41) is 11.1. The molecule has 0 aliphatic rings. The van der Waals surface area contributed by atoms with Crippen molar-refractivity contribution in [2.24, 2.45) is 0 Å². The third-order valence-corrected chi connectivity index (χ3v) is 2.75. The molecule has 1 aromatic carbocycles. The number of rotatable bonds is 6. The number of hydrogen-bond acceptors (Lipinski definition) is 3. The Balaban J connectivity index is 1.70. The number of aryl methyl sites for hydroxylation is 1. The van der Waals surface area contributed by atoms with Gasteiger partial charge in [0.15, 0.2) is 0 Å². The Kier molecular flexibility index (Phi) is 4.27. The van der Waals surface area contributed by atoms with E-state index in [9.17, 15) is 0 Å². The van der Waals surface area contributed by atoms with Crippen molar-refractivity contribution in [1.29, 1.82) is 0 Å². The van der Waals surface area contributed by atoms with Crippen molar-refractivity contribution in [3.8, 4) is 0 Å². The standard InChI is InChI=1S/C13H18N4/c1-2-12-3-5-13(6-4-12)11-14-7-9-17-10-8-15-16-17/h3-6,8,10,14H,2,7,9,11H2,1H3. The van der Waals surface area contributed by atoms with Crippen LogP contribution >= 0.6 is 0 Å². The van der Waals surface area contributed by atoms with Gasteiger partial charge in [0.2, 0.25) is 0 Å². The van der Waals surface area contributed by atoms with Crippen LogP contribution in [0.1, 0.15) is 18.1 Å². The molecule has 1 aromatic heterocycles. The lowest BCUT2D eigenvalue weighted by atomic mass is 10.1. The second-order valence-electron chi connectivity index (χ2n) is 4.01. The molecular weight excluding hydrogens is 212 g/mol. The maximum absolute atomic E-state index is 3.91. The Bertz CT molecular complexity index is 419. The van der Waals surface area contributed by atoms with E-state index < -0.39 is 0 Å². The zero-order chi connectivity index (χ0) is 11.9. The second-order valence-corrected chi connectivity index (χ2v) is 4.01. The van der Waals surface area contributed by atoms with Gasteiger partial charge in [0.05, 0.1) is 12.7 Å². The molecule has 4 nitrogen and oxygen atoms in total. The molecule has 0 spiro atoms. The molecule has 90 valence electrons. The normalized spacial score (nSPS) is 10.6. The minimum Gasteiger partial charge on any atom is -0.311 e. The van der Waals surface area contributed by atoms with Gasteiger partial charge in [0.25, 0.3) is 0 Å². The number of hydrogen-bond donors (Lipinski definition) is 1. The van der Waals surface area contributed by atoms with E-state index in [1.165, 1.54) is 11.1 Å². The molecule has 0 bridgehead atoms. The number of nitrogens with one attached hydrogen (secondary N) is 1. The molecule has 1 heterocycles. The quantitative estimate of drug-likeness (QED) is 0.767. The van der Waals surface area contributed by atoms with Crippen LogP contribution in [0, 0.1) is 0 Å². The average Bonchev–Trinajstić information content (AvgIpc) is 2.88. The van der Waals surface area contributed by atoms with Crippen LogP contribution in [0.3, 0.4) is 0 Å². The third-order valence-electron chi connectivity index (χ3n) is 2.75. The highest BCUT2D eigenvalue weighted by atomic mass is 15.4. The first kappa shape index (κ1) is 11.8. The Hall–Kier alpha value is -1.68. The second kappa shape index (κ2) is 6.15.